The zero-order valence-corrected chi connectivity index (χ0v) is 11.0. The number of carboxylic acid groups (broad SMARTS) is 1. The third kappa shape index (κ3) is 2.89. The maximum atomic E-state index is 11.6. The van der Waals surface area contributed by atoms with Crippen LogP contribution in [0.3, 0.4) is 0 Å². The molecule has 2 amide bonds. The Balaban J connectivity index is 2.40. The van der Waals surface area contributed by atoms with Gasteiger partial charge in [0.05, 0.1) is 16.9 Å². The highest BCUT2D eigenvalue weighted by Crippen LogP contribution is 2.26. The van der Waals surface area contributed by atoms with Crippen LogP contribution in [0, 0.1) is 0 Å². The number of nitrogens with two attached hydrogens (primary N) is 1. The van der Waals surface area contributed by atoms with Crippen LogP contribution in [0.15, 0.2) is 48.5 Å². The molecule has 0 radical (unpaired) electrons. The first-order valence-electron chi connectivity index (χ1n) is 5.67. The van der Waals surface area contributed by atoms with Crippen molar-refractivity contribution in [1.29, 1.82) is 0 Å². The number of carboxylic acids is 1. The second kappa shape index (κ2) is 5.63. The van der Waals surface area contributed by atoms with E-state index in [0.29, 0.717) is 16.4 Å². The molecule has 0 spiro atoms. The highest BCUT2D eigenvalue weighted by Gasteiger charge is 2.15. The molecule has 2 aromatic carbocycles. The Labute approximate surface area is 120 Å². The van der Waals surface area contributed by atoms with Crippen molar-refractivity contribution in [1.82, 2.24) is 0 Å². The van der Waals surface area contributed by atoms with Crippen LogP contribution in [-0.4, -0.2) is 17.1 Å². The van der Waals surface area contributed by atoms with Gasteiger partial charge in [-0.3, -0.25) is 4.90 Å². The molecule has 0 aliphatic carbocycles. The minimum absolute atomic E-state index is 0.134. The van der Waals surface area contributed by atoms with Gasteiger partial charge < -0.3 is 10.8 Å². The van der Waals surface area contributed by atoms with Crippen molar-refractivity contribution >= 4 is 35.0 Å². The lowest BCUT2D eigenvalue weighted by Gasteiger charge is -2.20. The number of hydrogen-bond acceptors (Lipinski definition) is 2. The number of benzene rings is 2. The van der Waals surface area contributed by atoms with E-state index in [1.807, 2.05) is 0 Å². The molecule has 0 saturated heterocycles. The van der Waals surface area contributed by atoms with E-state index in [2.05, 4.69) is 0 Å². The predicted octanol–water partition coefficient (Wildman–Crippen LogP) is 3.26. The summed E-state index contributed by atoms with van der Waals surface area (Å²) in [6.45, 7) is 0. The van der Waals surface area contributed by atoms with Crippen molar-refractivity contribution in [2.45, 2.75) is 0 Å². The molecule has 20 heavy (non-hydrogen) atoms. The molecule has 0 aromatic heterocycles. The molecule has 3 N–H and O–H groups in total. The third-order valence-electron chi connectivity index (χ3n) is 2.68. The standard InChI is InChI=1S/C14H11ClN2O3/c15-10-3-7-12(8-4-10)17(14(16)20)11-5-1-9(2-6-11)13(18)19/h1-8H,(H2,16,20)(H,18,19). The van der Waals surface area contributed by atoms with Crippen LogP contribution in [0.1, 0.15) is 10.4 Å². The number of hydrogen-bond donors (Lipinski definition) is 2. The Hall–Kier alpha value is -2.53. The molecule has 0 saturated carbocycles. The van der Waals surface area contributed by atoms with Crippen LogP contribution >= 0.6 is 11.6 Å². The quantitative estimate of drug-likeness (QED) is 0.910. The smallest absolute Gasteiger partial charge is 0.335 e. The number of rotatable bonds is 3. The first-order valence-corrected chi connectivity index (χ1v) is 6.05. The van der Waals surface area contributed by atoms with Crippen molar-refractivity contribution in [2.75, 3.05) is 4.90 Å². The van der Waals surface area contributed by atoms with Crippen LogP contribution in [-0.2, 0) is 0 Å². The molecule has 0 unspecified atom stereocenters. The summed E-state index contributed by atoms with van der Waals surface area (Å²) in [6, 6.07) is 11.8. The lowest BCUT2D eigenvalue weighted by atomic mass is 10.2. The van der Waals surface area contributed by atoms with Gasteiger partial charge in [-0.15, -0.1) is 0 Å². The highest BCUT2D eigenvalue weighted by molar-refractivity contribution is 6.30. The fraction of sp³-hybridized carbons (Fsp3) is 0. The van der Waals surface area contributed by atoms with Gasteiger partial charge in [0.25, 0.3) is 0 Å². The van der Waals surface area contributed by atoms with Gasteiger partial charge in [0.1, 0.15) is 0 Å². The number of carbonyl (C=O) groups excluding carboxylic acids is 1. The van der Waals surface area contributed by atoms with Crippen molar-refractivity contribution in [3.05, 3.63) is 59.1 Å². The first kappa shape index (κ1) is 13.9. The van der Waals surface area contributed by atoms with Gasteiger partial charge in [0.2, 0.25) is 0 Å². The number of carbonyl (C=O) groups is 2. The number of primary amides is 1. The van der Waals surface area contributed by atoms with E-state index in [-0.39, 0.29) is 5.56 Å². The molecule has 5 nitrogen and oxygen atoms in total. The molecule has 6 heteroatoms. The highest BCUT2D eigenvalue weighted by atomic mass is 35.5. The van der Waals surface area contributed by atoms with E-state index >= 15 is 0 Å². The second-order valence-electron chi connectivity index (χ2n) is 4.00. The van der Waals surface area contributed by atoms with Crippen LogP contribution in [0.25, 0.3) is 0 Å². The van der Waals surface area contributed by atoms with Gasteiger partial charge in [-0.1, -0.05) is 11.6 Å². The average Bonchev–Trinajstić information content (AvgIpc) is 2.41. The summed E-state index contributed by atoms with van der Waals surface area (Å²) in [5.74, 6) is -1.03. The van der Waals surface area contributed by atoms with Gasteiger partial charge in [-0.25, -0.2) is 9.59 Å². The van der Waals surface area contributed by atoms with Crippen LogP contribution in [0.5, 0.6) is 0 Å². The molecule has 0 heterocycles. The van der Waals surface area contributed by atoms with E-state index < -0.39 is 12.0 Å². The Morgan fingerprint density at radius 2 is 1.40 bits per heavy atom. The second-order valence-corrected chi connectivity index (χ2v) is 4.44. The van der Waals surface area contributed by atoms with E-state index in [1.165, 1.54) is 29.2 Å². The number of anilines is 2. The summed E-state index contributed by atoms with van der Waals surface area (Å²) in [7, 11) is 0. The lowest BCUT2D eigenvalue weighted by molar-refractivity contribution is 0.0697. The predicted molar refractivity (Wildman–Crippen MR) is 76.6 cm³/mol. The Morgan fingerprint density at radius 3 is 1.80 bits per heavy atom. The number of amides is 2. The van der Waals surface area contributed by atoms with Gasteiger partial charge in [-0.2, -0.15) is 0 Å². The van der Waals surface area contributed by atoms with Crippen molar-refractivity contribution in [3.8, 4) is 0 Å². The van der Waals surface area contributed by atoms with Crippen LogP contribution in [0.2, 0.25) is 5.02 Å². The molecule has 0 bridgehead atoms. The van der Waals surface area contributed by atoms with Gasteiger partial charge >= 0.3 is 12.0 Å². The minimum atomic E-state index is -1.03. The zero-order valence-electron chi connectivity index (χ0n) is 10.3. The van der Waals surface area contributed by atoms with E-state index in [9.17, 15) is 9.59 Å². The summed E-state index contributed by atoms with van der Waals surface area (Å²) in [5.41, 5.74) is 6.53. The van der Waals surface area contributed by atoms with Gasteiger partial charge in [0, 0.05) is 5.02 Å². The molecular weight excluding hydrogens is 280 g/mol. The fourth-order valence-corrected chi connectivity index (χ4v) is 1.87. The molecule has 0 aliphatic heterocycles. The number of halogens is 1. The minimum Gasteiger partial charge on any atom is -0.478 e. The van der Waals surface area contributed by atoms with Crippen LogP contribution in [0.4, 0.5) is 16.2 Å². The van der Waals surface area contributed by atoms with E-state index in [4.69, 9.17) is 22.4 Å². The molecule has 2 rings (SSSR count). The van der Waals surface area contributed by atoms with Crippen LogP contribution < -0.4 is 10.6 Å². The average molecular weight is 291 g/mol. The Morgan fingerprint density at radius 1 is 0.950 bits per heavy atom. The maximum absolute atomic E-state index is 11.6. The largest absolute Gasteiger partial charge is 0.478 e. The monoisotopic (exact) mass is 290 g/mol. The Bertz CT molecular complexity index is 638. The summed E-state index contributed by atoms with van der Waals surface area (Å²) < 4.78 is 0. The lowest BCUT2D eigenvalue weighted by Crippen LogP contribution is -2.31. The number of urea groups is 1. The summed E-state index contributed by atoms with van der Waals surface area (Å²) in [4.78, 5) is 23.7. The number of nitrogens with zero attached hydrogens (tertiary/aromatic N) is 1. The normalized spacial score (nSPS) is 10.1. The maximum Gasteiger partial charge on any atom is 0.335 e. The van der Waals surface area contributed by atoms with E-state index in [1.54, 1.807) is 24.3 Å². The first-order chi connectivity index (χ1) is 9.49. The molecule has 2 aromatic rings. The third-order valence-corrected chi connectivity index (χ3v) is 2.93. The van der Waals surface area contributed by atoms with Crippen molar-refractivity contribution in [3.63, 3.8) is 0 Å². The van der Waals surface area contributed by atoms with E-state index in [0.717, 1.165) is 0 Å². The molecule has 0 atom stereocenters. The van der Waals surface area contributed by atoms with Gasteiger partial charge in [0.15, 0.2) is 0 Å². The summed E-state index contributed by atoms with van der Waals surface area (Å²) >= 11 is 5.80. The molecule has 0 fully saturated rings. The van der Waals surface area contributed by atoms with Crippen molar-refractivity contribution in [2.24, 2.45) is 5.73 Å². The van der Waals surface area contributed by atoms with Gasteiger partial charge in [-0.05, 0) is 48.5 Å². The molecule has 0 aliphatic rings. The topological polar surface area (TPSA) is 83.6 Å². The zero-order chi connectivity index (χ0) is 14.7. The SMILES string of the molecule is NC(=O)N(c1ccc(Cl)cc1)c1ccc(C(=O)O)cc1. The molecular formula is C14H11ClN2O3. The van der Waals surface area contributed by atoms with Crippen molar-refractivity contribution < 1.29 is 14.7 Å². The summed E-state index contributed by atoms with van der Waals surface area (Å²) in [5, 5.41) is 9.39. The summed E-state index contributed by atoms with van der Waals surface area (Å²) in [6.07, 6.45) is 0. The molecule has 102 valence electrons. The Kier molecular flexibility index (Phi) is 3.91. The number of aromatic carboxylic acids is 1. The fourth-order valence-electron chi connectivity index (χ4n) is 1.75.